The highest BCUT2D eigenvalue weighted by molar-refractivity contribution is 5.84. The normalized spacial score (nSPS) is 10.7. The van der Waals surface area contributed by atoms with Crippen molar-refractivity contribution in [3.63, 3.8) is 0 Å². The fourth-order valence-electron chi connectivity index (χ4n) is 1.58. The van der Waals surface area contributed by atoms with Crippen LogP contribution in [0.5, 0.6) is 0 Å². The Morgan fingerprint density at radius 3 is 2.93 bits per heavy atom. The topological polar surface area (TPSA) is 38.9 Å². The van der Waals surface area contributed by atoms with E-state index in [-0.39, 0.29) is 5.82 Å². The van der Waals surface area contributed by atoms with Gasteiger partial charge in [0.05, 0.1) is 5.69 Å². The molecule has 0 saturated heterocycles. The van der Waals surface area contributed by atoms with Crippen LogP contribution >= 0.6 is 0 Å². The monoisotopic (exact) mass is 190 g/mol. The Hall–Kier alpha value is -1.48. The minimum Gasteiger partial charge on any atom is -0.330 e. The number of benzene rings is 1. The maximum Gasteiger partial charge on any atom is 0.132 e. The van der Waals surface area contributed by atoms with E-state index in [1.807, 2.05) is 6.07 Å². The van der Waals surface area contributed by atoms with Gasteiger partial charge in [0.25, 0.3) is 0 Å². The van der Waals surface area contributed by atoms with Crippen LogP contribution in [0.1, 0.15) is 5.69 Å². The second kappa shape index (κ2) is 3.72. The Balaban J connectivity index is 2.71. The lowest BCUT2D eigenvalue weighted by Crippen LogP contribution is -2.05. The van der Waals surface area contributed by atoms with E-state index in [0.717, 1.165) is 11.1 Å². The molecule has 0 unspecified atom stereocenters. The lowest BCUT2D eigenvalue weighted by molar-refractivity contribution is 0.638. The van der Waals surface area contributed by atoms with Gasteiger partial charge < -0.3 is 5.73 Å². The molecule has 1 heterocycles. The first-order valence-electron chi connectivity index (χ1n) is 4.55. The summed E-state index contributed by atoms with van der Waals surface area (Å²) in [5.41, 5.74) is 6.18. The Kier molecular flexibility index (Phi) is 2.41. The van der Waals surface area contributed by atoms with Crippen LogP contribution in [0, 0.1) is 5.82 Å². The lowest BCUT2D eigenvalue weighted by Gasteiger charge is -2.04. The van der Waals surface area contributed by atoms with E-state index < -0.39 is 0 Å². The van der Waals surface area contributed by atoms with E-state index in [1.54, 1.807) is 18.3 Å². The number of aromatic nitrogens is 1. The fraction of sp³-hybridized carbons (Fsp3) is 0.182. The second-order valence-electron chi connectivity index (χ2n) is 3.13. The smallest absolute Gasteiger partial charge is 0.132 e. The van der Waals surface area contributed by atoms with E-state index >= 15 is 0 Å². The van der Waals surface area contributed by atoms with Gasteiger partial charge in [-0.25, -0.2) is 4.39 Å². The van der Waals surface area contributed by atoms with Gasteiger partial charge in [-0.3, -0.25) is 4.98 Å². The number of fused-ring (bicyclic) bond motifs is 1. The minimum absolute atomic E-state index is 0.223. The molecule has 1 aromatic carbocycles. The molecule has 3 heteroatoms. The van der Waals surface area contributed by atoms with Gasteiger partial charge in [-0.1, -0.05) is 12.1 Å². The summed E-state index contributed by atoms with van der Waals surface area (Å²) in [6.45, 7) is 0.487. The summed E-state index contributed by atoms with van der Waals surface area (Å²) in [4.78, 5) is 4.14. The highest BCUT2D eigenvalue weighted by Gasteiger charge is 2.05. The van der Waals surface area contributed by atoms with Crippen LogP contribution in [-0.4, -0.2) is 11.5 Å². The number of hydrogen-bond donors (Lipinski definition) is 1. The molecule has 2 N–H and O–H groups in total. The van der Waals surface area contributed by atoms with Crippen molar-refractivity contribution >= 4 is 10.8 Å². The average molecular weight is 190 g/mol. The SMILES string of the molecule is NCCc1nccc2cccc(F)c12. The van der Waals surface area contributed by atoms with Gasteiger partial charge in [0.2, 0.25) is 0 Å². The van der Waals surface area contributed by atoms with Crippen molar-refractivity contribution in [3.05, 3.63) is 42.0 Å². The maximum atomic E-state index is 13.5. The van der Waals surface area contributed by atoms with Crippen LogP contribution < -0.4 is 5.73 Å². The van der Waals surface area contributed by atoms with E-state index in [4.69, 9.17) is 5.73 Å². The molecule has 0 aliphatic carbocycles. The van der Waals surface area contributed by atoms with Gasteiger partial charge in [-0.2, -0.15) is 0 Å². The Morgan fingerprint density at radius 2 is 2.14 bits per heavy atom. The molecule has 2 rings (SSSR count). The molecule has 0 aliphatic heterocycles. The second-order valence-corrected chi connectivity index (χ2v) is 3.13. The van der Waals surface area contributed by atoms with Crippen LogP contribution in [0.2, 0.25) is 0 Å². The largest absolute Gasteiger partial charge is 0.330 e. The molecule has 0 aliphatic rings. The van der Waals surface area contributed by atoms with Crippen LogP contribution in [0.15, 0.2) is 30.5 Å². The van der Waals surface area contributed by atoms with Crippen molar-refractivity contribution in [2.24, 2.45) is 5.73 Å². The van der Waals surface area contributed by atoms with Crippen molar-refractivity contribution in [2.75, 3.05) is 6.54 Å². The minimum atomic E-state index is -0.223. The molecule has 2 nitrogen and oxygen atoms in total. The number of rotatable bonds is 2. The third-order valence-electron chi connectivity index (χ3n) is 2.20. The van der Waals surface area contributed by atoms with Crippen molar-refractivity contribution in [1.82, 2.24) is 4.98 Å². The molecule has 14 heavy (non-hydrogen) atoms. The standard InChI is InChI=1S/C11H11FN2/c12-9-3-1-2-8-5-7-14-10(4-6-13)11(8)9/h1-3,5,7H,4,6,13H2. The average Bonchev–Trinajstić information content (AvgIpc) is 2.19. The van der Waals surface area contributed by atoms with E-state index in [0.29, 0.717) is 18.4 Å². The molecular weight excluding hydrogens is 179 g/mol. The highest BCUT2D eigenvalue weighted by Crippen LogP contribution is 2.20. The molecule has 72 valence electrons. The summed E-state index contributed by atoms with van der Waals surface area (Å²) < 4.78 is 13.5. The number of hydrogen-bond acceptors (Lipinski definition) is 2. The number of halogens is 1. The Morgan fingerprint density at radius 1 is 1.29 bits per heavy atom. The highest BCUT2D eigenvalue weighted by atomic mass is 19.1. The number of nitrogens with zero attached hydrogens (tertiary/aromatic N) is 1. The zero-order valence-electron chi connectivity index (χ0n) is 7.70. The predicted octanol–water partition coefficient (Wildman–Crippen LogP) is 1.88. The van der Waals surface area contributed by atoms with Crippen LogP contribution in [0.4, 0.5) is 4.39 Å². The third kappa shape index (κ3) is 1.46. The molecule has 0 spiro atoms. The first kappa shape index (κ1) is 9.09. The molecule has 0 amide bonds. The Labute approximate surface area is 81.6 Å². The van der Waals surface area contributed by atoms with Gasteiger partial charge in [0, 0.05) is 18.0 Å². The number of pyridine rings is 1. The summed E-state index contributed by atoms with van der Waals surface area (Å²) >= 11 is 0. The number of nitrogens with two attached hydrogens (primary N) is 1. The van der Waals surface area contributed by atoms with Crippen molar-refractivity contribution < 1.29 is 4.39 Å². The lowest BCUT2D eigenvalue weighted by atomic mass is 10.1. The third-order valence-corrected chi connectivity index (χ3v) is 2.20. The predicted molar refractivity (Wildman–Crippen MR) is 54.5 cm³/mol. The van der Waals surface area contributed by atoms with Crippen LogP contribution in [0.3, 0.4) is 0 Å². The first-order valence-corrected chi connectivity index (χ1v) is 4.55. The van der Waals surface area contributed by atoms with Crippen LogP contribution in [0.25, 0.3) is 10.8 Å². The first-order chi connectivity index (χ1) is 6.83. The zero-order valence-corrected chi connectivity index (χ0v) is 7.70. The molecular formula is C11H11FN2. The molecule has 0 fully saturated rings. The van der Waals surface area contributed by atoms with Gasteiger partial charge in [0.15, 0.2) is 0 Å². The Bertz CT molecular complexity index is 449. The fourth-order valence-corrected chi connectivity index (χ4v) is 1.58. The van der Waals surface area contributed by atoms with E-state index in [9.17, 15) is 4.39 Å². The summed E-state index contributed by atoms with van der Waals surface area (Å²) in [7, 11) is 0. The van der Waals surface area contributed by atoms with Crippen molar-refractivity contribution in [3.8, 4) is 0 Å². The summed E-state index contributed by atoms with van der Waals surface area (Å²) in [6.07, 6.45) is 2.30. The van der Waals surface area contributed by atoms with Crippen LogP contribution in [-0.2, 0) is 6.42 Å². The molecule has 0 bridgehead atoms. The van der Waals surface area contributed by atoms with Gasteiger partial charge in [-0.05, 0) is 24.1 Å². The maximum absolute atomic E-state index is 13.5. The zero-order chi connectivity index (χ0) is 9.97. The molecule has 1 aromatic heterocycles. The van der Waals surface area contributed by atoms with Crippen molar-refractivity contribution in [2.45, 2.75) is 6.42 Å². The molecule has 2 aromatic rings. The quantitative estimate of drug-likeness (QED) is 0.785. The molecule has 0 radical (unpaired) electrons. The van der Waals surface area contributed by atoms with Gasteiger partial charge >= 0.3 is 0 Å². The van der Waals surface area contributed by atoms with Gasteiger partial charge in [-0.15, -0.1) is 0 Å². The van der Waals surface area contributed by atoms with Gasteiger partial charge in [0.1, 0.15) is 5.82 Å². The summed E-state index contributed by atoms with van der Waals surface area (Å²) in [6, 6.07) is 6.83. The molecule has 0 atom stereocenters. The molecule has 0 saturated carbocycles. The van der Waals surface area contributed by atoms with E-state index in [2.05, 4.69) is 4.98 Å². The summed E-state index contributed by atoms with van der Waals surface area (Å²) in [5.74, 6) is -0.223. The van der Waals surface area contributed by atoms with Crippen molar-refractivity contribution in [1.29, 1.82) is 0 Å². The van der Waals surface area contributed by atoms with E-state index in [1.165, 1.54) is 6.07 Å². The summed E-state index contributed by atoms with van der Waals surface area (Å²) in [5, 5.41) is 1.48.